The highest BCUT2D eigenvalue weighted by molar-refractivity contribution is 7.55. The van der Waals surface area contributed by atoms with Gasteiger partial charge in [-0.1, -0.05) is 42.5 Å². The molecule has 8 nitrogen and oxygen atoms in total. The molecule has 2 rings (SSSR count). The van der Waals surface area contributed by atoms with Crippen molar-refractivity contribution in [2.45, 2.75) is 52.1 Å². The van der Waals surface area contributed by atoms with Crippen molar-refractivity contribution >= 4 is 15.2 Å². The predicted molar refractivity (Wildman–Crippen MR) is 139 cm³/mol. The zero-order chi connectivity index (χ0) is 25.7. The summed E-state index contributed by atoms with van der Waals surface area (Å²) in [6.07, 6.45) is 0.161. The second-order valence-corrected chi connectivity index (χ2v) is 12.1. The van der Waals surface area contributed by atoms with Gasteiger partial charge in [-0.25, -0.2) is 0 Å². The summed E-state index contributed by atoms with van der Waals surface area (Å²) in [5.41, 5.74) is 1.06. The summed E-state index contributed by atoms with van der Waals surface area (Å²) in [6.45, 7) is 8.35. The molecule has 0 fully saturated rings. The second-order valence-electron chi connectivity index (χ2n) is 7.66. The summed E-state index contributed by atoms with van der Waals surface area (Å²) >= 11 is 0. The van der Waals surface area contributed by atoms with Crippen molar-refractivity contribution in [2.24, 2.45) is 0 Å². The molecule has 0 spiro atoms. The number of methoxy groups -OCH3 is 1. The van der Waals surface area contributed by atoms with E-state index < -0.39 is 26.6 Å². The van der Waals surface area contributed by atoms with Gasteiger partial charge in [0.15, 0.2) is 0 Å². The van der Waals surface area contributed by atoms with E-state index in [-0.39, 0.29) is 32.8 Å². The average Bonchev–Trinajstić information content (AvgIpc) is 2.85. The zero-order valence-corrected chi connectivity index (χ0v) is 23.1. The molecule has 0 saturated heterocycles. The lowest BCUT2D eigenvalue weighted by atomic mass is 10.1. The van der Waals surface area contributed by atoms with Crippen molar-refractivity contribution in [1.29, 1.82) is 0 Å². The molecule has 0 aliphatic carbocycles. The predicted octanol–water partition coefficient (Wildman–Crippen LogP) is 6.77. The average molecular weight is 528 g/mol. The topological polar surface area (TPSA) is 92.3 Å². The van der Waals surface area contributed by atoms with Crippen LogP contribution in [0.4, 0.5) is 0 Å². The Morgan fingerprint density at radius 1 is 0.743 bits per heavy atom. The van der Waals surface area contributed by atoms with Crippen LogP contribution in [0.1, 0.15) is 50.9 Å². The van der Waals surface area contributed by atoms with Crippen LogP contribution < -0.4 is 10.1 Å². The molecule has 2 unspecified atom stereocenters. The summed E-state index contributed by atoms with van der Waals surface area (Å²) in [6, 6.07) is 17.0. The Kier molecular flexibility index (Phi) is 12.7. The van der Waals surface area contributed by atoms with Gasteiger partial charge in [0.2, 0.25) is 0 Å². The summed E-state index contributed by atoms with van der Waals surface area (Å²) in [7, 11) is -5.63. The fraction of sp³-hybridized carbons (Fsp3) is 0.520. The van der Waals surface area contributed by atoms with Crippen LogP contribution in [0.3, 0.4) is 0 Å². The Morgan fingerprint density at radius 3 is 1.74 bits per heavy atom. The molecule has 0 radical (unpaired) electrons. The van der Waals surface area contributed by atoms with Gasteiger partial charge in [0, 0.05) is 6.54 Å². The maximum atomic E-state index is 14.0. The third kappa shape index (κ3) is 8.54. The molecule has 10 heteroatoms. The number of benzene rings is 2. The molecule has 0 aliphatic rings. The minimum atomic E-state index is -3.63. The van der Waals surface area contributed by atoms with Crippen LogP contribution >= 0.6 is 15.2 Å². The van der Waals surface area contributed by atoms with Crippen molar-refractivity contribution in [3.63, 3.8) is 0 Å². The standard InChI is InChI=1S/C25H39NO7P2/c1-6-30-34(27,31-7-2)24(22-13-11-10-12-14-22)19-25(35(28,32-8-3)33-9-4)26-20-21-15-17-23(29-5)18-16-21/h10-18,24-26H,6-9,19-20H2,1-5H3. The second kappa shape index (κ2) is 14.9. The third-order valence-corrected chi connectivity index (χ3v) is 10.2. The Labute approximate surface area is 209 Å². The molecule has 2 aromatic carbocycles. The largest absolute Gasteiger partial charge is 0.497 e. The van der Waals surface area contributed by atoms with Gasteiger partial charge in [0.1, 0.15) is 11.5 Å². The Hall–Kier alpha value is -1.50. The van der Waals surface area contributed by atoms with Crippen LogP contribution in [-0.2, 0) is 33.8 Å². The summed E-state index contributed by atoms with van der Waals surface area (Å²) in [5.74, 6) is -0.0120. The highest BCUT2D eigenvalue weighted by Gasteiger charge is 2.44. The lowest BCUT2D eigenvalue weighted by Crippen LogP contribution is -2.32. The van der Waals surface area contributed by atoms with E-state index in [2.05, 4.69) is 5.32 Å². The molecule has 0 aliphatic heterocycles. The highest BCUT2D eigenvalue weighted by Crippen LogP contribution is 2.65. The molecule has 0 amide bonds. The third-order valence-electron chi connectivity index (χ3n) is 5.33. The van der Waals surface area contributed by atoms with E-state index in [9.17, 15) is 9.13 Å². The smallest absolute Gasteiger partial charge is 0.347 e. The van der Waals surface area contributed by atoms with Crippen molar-refractivity contribution in [1.82, 2.24) is 5.32 Å². The van der Waals surface area contributed by atoms with Crippen molar-refractivity contribution in [3.8, 4) is 5.75 Å². The van der Waals surface area contributed by atoms with E-state index in [0.717, 1.165) is 16.9 Å². The molecule has 35 heavy (non-hydrogen) atoms. The van der Waals surface area contributed by atoms with Crippen LogP contribution in [0.15, 0.2) is 54.6 Å². The molecule has 0 bridgehead atoms. The van der Waals surface area contributed by atoms with E-state index in [4.69, 9.17) is 22.8 Å². The molecule has 0 saturated carbocycles. The maximum absolute atomic E-state index is 14.0. The summed E-state index contributed by atoms with van der Waals surface area (Å²) in [4.78, 5) is 0. The van der Waals surface area contributed by atoms with E-state index in [1.807, 2.05) is 54.6 Å². The Balaban J connectivity index is 2.46. The summed E-state index contributed by atoms with van der Waals surface area (Å²) in [5, 5.41) is 3.35. The Bertz CT molecular complexity index is 936. The zero-order valence-electron chi connectivity index (χ0n) is 21.3. The number of hydrogen-bond acceptors (Lipinski definition) is 8. The van der Waals surface area contributed by atoms with Crippen LogP contribution in [0.5, 0.6) is 5.75 Å². The number of rotatable bonds is 17. The number of nitrogens with one attached hydrogen (secondary N) is 1. The molecule has 0 aromatic heterocycles. The first kappa shape index (κ1) is 29.7. The first-order valence-corrected chi connectivity index (χ1v) is 15.3. The van der Waals surface area contributed by atoms with Gasteiger partial charge in [0.25, 0.3) is 0 Å². The first-order valence-electron chi connectivity index (χ1n) is 12.0. The van der Waals surface area contributed by atoms with E-state index in [1.165, 1.54) is 0 Å². The maximum Gasteiger partial charge on any atom is 0.347 e. The fourth-order valence-electron chi connectivity index (χ4n) is 3.79. The Morgan fingerprint density at radius 2 is 1.26 bits per heavy atom. The number of ether oxygens (including phenoxy) is 1. The lowest BCUT2D eigenvalue weighted by Gasteiger charge is -2.33. The van der Waals surface area contributed by atoms with Gasteiger partial charge in [0.05, 0.1) is 39.2 Å². The van der Waals surface area contributed by atoms with E-state index in [1.54, 1.807) is 34.8 Å². The van der Waals surface area contributed by atoms with Crippen LogP contribution in [0, 0.1) is 0 Å². The normalized spacial score (nSPS) is 14.0. The van der Waals surface area contributed by atoms with Crippen LogP contribution in [0.2, 0.25) is 0 Å². The SMILES string of the molecule is CCOP(=O)(OCC)C(CC(c1ccccc1)P(=O)(OCC)OCC)NCc1ccc(OC)cc1. The van der Waals surface area contributed by atoms with Gasteiger partial charge < -0.3 is 22.8 Å². The first-order chi connectivity index (χ1) is 16.9. The molecule has 196 valence electrons. The molecule has 2 aromatic rings. The van der Waals surface area contributed by atoms with Gasteiger partial charge >= 0.3 is 15.2 Å². The van der Waals surface area contributed by atoms with Crippen molar-refractivity contribution < 1.29 is 32.0 Å². The fourth-order valence-corrected chi connectivity index (χ4v) is 8.06. The van der Waals surface area contributed by atoms with E-state index in [0.29, 0.717) is 6.54 Å². The number of hydrogen-bond donors (Lipinski definition) is 1. The molecular weight excluding hydrogens is 488 g/mol. The quantitative estimate of drug-likeness (QED) is 0.225. The van der Waals surface area contributed by atoms with Crippen molar-refractivity contribution in [3.05, 3.63) is 65.7 Å². The molecule has 2 atom stereocenters. The minimum absolute atomic E-state index is 0.161. The van der Waals surface area contributed by atoms with Crippen molar-refractivity contribution in [2.75, 3.05) is 33.5 Å². The highest BCUT2D eigenvalue weighted by atomic mass is 31.2. The lowest BCUT2D eigenvalue weighted by molar-refractivity contribution is 0.198. The monoisotopic (exact) mass is 527 g/mol. The van der Waals surface area contributed by atoms with Gasteiger partial charge in [-0.15, -0.1) is 0 Å². The van der Waals surface area contributed by atoms with E-state index >= 15 is 0 Å². The minimum Gasteiger partial charge on any atom is -0.497 e. The van der Waals surface area contributed by atoms with Gasteiger partial charge in [-0.2, -0.15) is 0 Å². The molecular formula is C25H39NO7P2. The molecule has 0 heterocycles. The molecule has 1 N–H and O–H groups in total. The van der Waals surface area contributed by atoms with Gasteiger partial charge in [-0.05, 0) is 57.4 Å². The van der Waals surface area contributed by atoms with Crippen LogP contribution in [-0.4, -0.2) is 39.3 Å². The van der Waals surface area contributed by atoms with Crippen LogP contribution in [0.25, 0.3) is 0 Å². The summed E-state index contributed by atoms with van der Waals surface area (Å²) < 4.78 is 56.0. The van der Waals surface area contributed by atoms with Gasteiger partial charge in [-0.3, -0.25) is 14.4 Å².